The molecule has 0 aliphatic carbocycles. The summed E-state index contributed by atoms with van der Waals surface area (Å²) >= 11 is 0. The van der Waals surface area contributed by atoms with Crippen molar-refractivity contribution >= 4 is 0 Å². The highest BCUT2D eigenvalue weighted by atomic mass is 16.5. The Bertz CT molecular complexity index is 273. The second kappa shape index (κ2) is 3.88. The summed E-state index contributed by atoms with van der Waals surface area (Å²) in [6.07, 6.45) is 4.98. The van der Waals surface area contributed by atoms with Gasteiger partial charge in [-0.25, -0.2) is 0 Å². The molecule has 1 aromatic heterocycles. The third kappa shape index (κ3) is 1.62. The number of hydrogen-bond donors (Lipinski definition) is 1. The standard InChI is InChI=1S/C9H12N2O/c1-3-8(10)7-4-5-11-6-9(7)12-2/h3-6,8H,1,10H2,2H3. The molecule has 1 atom stereocenters. The van der Waals surface area contributed by atoms with Gasteiger partial charge in [-0.1, -0.05) is 6.08 Å². The number of aromatic nitrogens is 1. The molecule has 0 saturated carbocycles. The predicted molar refractivity (Wildman–Crippen MR) is 47.9 cm³/mol. The quantitative estimate of drug-likeness (QED) is 0.684. The first-order valence-electron chi connectivity index (χ1n) is 3.65. The van der Waals surface area contributed by atoms with Gasteiger partial charge >= 0.3 is 0 Å². The number of hydrogen-bond acceptors (Lipinski definition) is 3. The third-order valence-electron chi connectivity index (χ3n) is 1.65. The topological polar surface area (TPSA) is 48.1 Å². The molecule has 1 aromatic rings. The zero-order chi connectivity index (χ0) is 8.97. The molecule has 12 heavy (non-hydrogen) atoms. The van der Waals surface area contributed by atoms with E-state index in [1.807, 2.05) is 6.07 Å². The zero-order valence-electron chi connectivity index (χ0n) is 7.03. The SMILES string of the molecule is C=CC(N)c1ccncc1OC. The van der Waals surface area contributed by atoms with Gasteiger partial charge in [0.25, 0.3) is 0 Å². The normalized spacial score (nSPS) is 12.2. The molecule has 0 aliphatic heterocycles. The van der Waals surface area contributed by atoms with E-state index in [-0.39, 0.29) is 6.04 Å². The minimum atomic E-state index is -0.192. The Kier molecular flexibility index (Phi) is 2.82. The van der Waals surface area contributed by atoms with E-state index in [0.29, 0.717) is 5.75 Å². The number of nitrogens with two attached hydrogens (primary N) is 1. The van der Waals surface area contributed by atoms with Crippen LogP contribution < -0.4 is 10.5 Å². The van der Waals surface area contributed by atoms with E-state index >= 15 is 0 Å². The third-order valence-corrected chi connectivity index (χ3v) is 1.65. The van der Waals surface area contributed by atoms with Gasteiger partial charge in [0.2, 0.25) is 0 Å². The van der Waals surface area contributed by atoms with E-state index in [1.54, 1.807) is 25.6 Å². The summed E-state index contributed by atoms with van der Waals surface area (Å²) in [6.45, 7) is 3.61. The largest absolute Gasteiger partial charge is 0.495 e. The molecule has 0 radical (unpaired) electrons. The maximum atomic E-state index is 5.74. The van der Waals surface area contributed by atoms with Crippen molar-refractivity contribution in [2.45, 2.75) is 6.04 Å². The van der Waals surface area contributed by atoms with Crippen molar-refractivity contribution in [3.8, 4) is 5.75 Å². The summed E-state index contributed by atoms with van der Waals surface area (Å²) in [5.74, 6) is 0.699. The van der Waals surface area contributed by atoms with Crippen LogP contribution in [0.5, 0.6) is 5.75 Å². The Morgan fingerprint density at radius 3 is 3.08 bits per heavy atom. The van der Waals surface area contributed by atoms with Crippen LogP contribution in [0.1, 0.15) is 11.6 Å². The highest BCUT2D eigenvalue weighted by molar-refractivity contribution is 5.34. The van der Waals surface area contributed by atoms with Crippen molar-refractivity contribution in [2.75, 3.05) is 7.11 Å². The lowest BCUT2D eigenvalue weighted by Gasteiger charge is -2.10. The molecular weight excluding hydrogens is 152 g/mol. The van der Waals surface area contributed by atoms with Crippen molar-refractivity contribution < 1.29 is 4.74 Å². The van der Waals surface area contributed by atoms with E-state index in [2.05, 4.69) is 11.6 Å². The van der Waals surface area contributed by atoms with Gasteiger partial charge in [0.1, 0.15) is 5.75 Å². The Labute approximate surface area is 71.9 Å². The lowest BCUT2D eigenvalue weighted by atomic mass is 10.1. The molecule has 0 fully saturated rings. The van der Waals surface area contributed by atoms with Gasteiger partial charge in [0.05, 0.1) is 19.3 Å². The highest BCUT2D eigenvalue weighted by Gasteiger charge is 2.06. The number of pyridine rings is 1. The predicted octanol–water partition coefficient (Wildman–Crippen LogP) is 1.28. The van der Waals surface area contributed by atoms with Crippen LogP contribution in [0.3, 0.4) is 0 Å². The van der Waals surface area contributed by atoms with Crippen molar-refractivity contribution in [3.05, 3.63) is 36.7 Å². The van der Waals surface area contributed by atoms with Crippen molar-refractivity contribution in [2.24, 2.45) is 5.73 Å². The van der Waals surface area contributed by atoms with Gasteiger partial charge in [0, 0.05) is 11.8 Å². The Morgan fingerprint density at radius 2 is 2.50 bits per heavy atom. The van der Waals surface area contributed by atoms with Gasteiger partial charge in [-0.2, -0.15) is 0 Å². The summed E-state index contributed by atoms with van der Waals surface area (Å²) in [5.41, 5.74) is 6.65. The molecule has 3 nitrogen and oxygen atoms in total. The first-order valence-corrected chi connectivity index (χ1v) is 3.65. The molecule has 1 rings (SSSR count). The van der Waals surface area contributed by atoms with Crippen LogP contribution >= 0.6 is 0 Å². The van der Waals surface area contributed by atoms with Gasteiger partial charge in [0.15, 0.2) is 0 Å². The number of rotatable bonds is 3. The lowest BCUT2D eigenvalue weighted by molar-refractivity contribution is 0.406. The first kappa shape index (κ1) is 8.74. The van der Waals surface area contributed by atoms with Gasteiger partial charge in [-0.3, -0.25) is 4.98 Å². The fourth-order valence-corrected chi connectivity index (χ4v) is 0.964. The summed E-state index contributed by atoms with van der Waals surface area (Å²) < 4.78 is 5.08. The number of methoxy groups -OCH3 is 1. The summed E-state index contributed by atoms with van der Waals surface area (Å²) in [4.78, 5) is 3.92. The average molecular weight is 164 g/mol. The van der Waals surface area contributed by atoms with E-state index in [1.165, 1.54) is 0 Å². The minimum Gasteiger partial charge on any atom is -0.495 e. The van der Waals surface area contributed by atoms with Crippen molar-refractivity contribution in [1.82, 2.24) is 4.98 Å². The zero-order valence-corrected chi connectivity index (χ0v) is 7.03. The van der Waals surface area contributed by atoms with Crippen LogP contribution in [0.25, 0.3) is 0 Å². The Balaban J connectivity index is 3.04. The molecule has 2 N–H and O–H groups in total. The highest BCUT2D eigenvalue weighted by Crippen LogP contribution is 2.21. The Hall–Kier alpha value is -1.35. The molecule has 0 spiro atoms. The molecule has 1 unspecified atom stereocenters. The van der Waals surface area contributed by atoms with Gasteiger partial charge < -0.3 is 10.5 Å². The monoisotopic (exact) mass is 164 g/mol. The molecule has 0 aromatic carbocycles. The van der Waals surface area contributed by atoms with Crippen LogP contribution in [0.4, 0.5) is 0 Å². The second-order valence-corrected chi connectivity index (χ2v) is 2.38. The summed E-state index contributed by atoms with van der Waals surface area (Å²) in [7, 11) is 1.59. The fraction of sp³-hybridized carbons (Fsp3) is 0.222. The number of ether oxygens (including phenoxy) is 1. The second-order valence-electron chi connectivity index (χ2n) is 2.38. The van der Waals surface area contributed by atoms with Gasteiger partial charge in [-0.05, 0) is 6.07 Å². The van der Waals surface area contributed by atoms with Gasteiger partial charge in [-0.15, -0.1) is 6.58 Å². The molecule has 0 aliphatic rings. The van der Waals surface area contributed by atoms with Crippen LogP contribution in [0, 0.1) is 0 Å². The molecule has 64 valence electrons. The first-order chi connectivity index (χ1) is 5.79. The van der Waals surface area contributed by atoms with Crippen LogP contribution in [0.2, 0.25) is 0 Å². The minimum absolute atomic E-state index is 0.192. The smallest absolute Gasteiger partial charge is 0.142 e. The van der Waals surface area contributed by atoms with Crippen LogP contribution in [-0.2, 0) is 0 Å². The molecule has 0 bridgehead atoms. The fourth-order valence-electron chi connectivity index (χ4n) is 0.964. The molecule has 0 saturated heterocycles. The summed E-state index contributed by atoms with van der Waals surface area (Å²) in [6, 6.07) is 1.63. The van der Waals surface area contributed by atoms with Crippen LogP contribution in [-0.4, -0.2) is 12.1 Å². The number of nitrogens with zero attached hydrogens (tertiary/aromatic N) is 1. The van der Waals surface area contributed by atoms with E-state index in [4.69, 9.17) is 10.5 Å². The maximum Gasteiger partial charge on any atom is 0.142 e. The van der Waals surface area contributed by atoms with Crippen molar-refractivity contribution in [3.63, 3.8) is 0 Å². The van der Waals surface area contributed by atoms with Crippen molar-refractivity contribution in [1.29, 1.82) is 0 Å². The molecule has 1 heterocycles. The molecule has 0 amide bonds. The molecular formula is C9H12N2O. The summed E-state index contributed by atoms with van der Waals surface area (Å²) in [5, 5.41) is 0. The van der Waals surface area contributed by atoms with E-state index in [9.17, 15) is 0 Å². The average Bonchev–Trinajstić information content (AvgIpc) is 2.16. The lowest BCUT2D eigenvalue weighted by Crippen LogP contribution is -2.08. The Morgan fingerprint density at radius 1 is 1.75 bits per heavy atom. The van der Waals surface area contributed by atoms with E-state index in [0.717, 1.165) is 5.56 Å². The molecule has 3 heteroatoms. The van der Waals surface area contributed by atoms with Crippen LogP contribution in [0.15, 0.2) is 31.1 Å². The maximum absolute atomic E-state index is 5.74. The van der Waals surface area contributed by atoms with E-state index < -0.39 is 0 Å².